The summed E-state index contributed by atoms with van der Waals surface area (Å²) in [6, 6.07) is 19.3. The summed E-state index contributed by atoms with van der Waals surface area (Å²) in [5.41, 5.74) is 3.55. The highest BCUT2D eigenvalue weighted by molar-refractivity contribution is 7.09. The second-order valence-corrected chi connectivity index (χ2v) is 7.66. The maximum Gasteiger partial charge on any atom is 0.258 e. The van der Waals surface area contributed by atoms with Gasteiger partial charge in [0, 0.05) is 28.4 Å². The normalized spacial score (nSPS) is 12.5. The Morgan fingerprint density at radius 3 is 2.79 bits per heavy atom. The van der Waals surface area contributed by atoms with E-state index in [0.717, 1.165) is 22.7 Å². The topological polar surface area (TPSA) is 61.4 Å². The molecule has 0 aliphatic carbocycles. The van der Waals surface area contributed by atoms with Gasteiger partial charge in [-0.3, -0.25) is 9.59 Å². The van der Waals surface area contributed by atoms with Crippen LogP contribution in [0.5, 0.6) is 0 Å². The van der Waals surface area contributed by atoms with Gasteiger partial charge in [-0.1, -0.05) is 30.3 Å². The van der Waals surface area contributed by atoms with Gasteiger partial charge in [-0.2, -0.15) is 0 Å². The van der Waals surface area contributed by atoms with Crippen molar-refractivity contribution >= 4 is 34.5 Å². The first-order valence-corrected chi connectivity index (χ1v) is 10.1. The Labute approximate surface area is 168 Å². The van der Waals surface area contributed by atoms with Crippen LogP contribution in [0.25, 0.3) is 0 Å². The van der Waals surface area contributed by atoms with E-state index in [2.05, 4.69) is 16.7 Å². The van der Waals surface area contributed by atoms with E-state index in [-0.39, 0.29) is 18.4 Å². The van der Waals surface area contributed by atoms with E-state index in [0.29, 0.717) is 18.7 Å². The second kappa shape index (κ2) is 8.27. The molecule has 0 saturated carbocycles. The first-order valence-electron chi connectivity index (χ1n) is 9.23. The van der Waals surface area contributed by atoms with Crippen molar-refractivity contribution in [3.63, 3.8) is 0 Å². The molecule has 0 saturated heterocycles. The zero-order chi connectivity index (χ0) is 19.3. The lowest BCUT2D eigenvalue weighted by Crippen LogP contribution is -2.30. The van der Waals surface area contributed by atoms with Crippen molar-refractivity contribution in [1.29, 1.82) is 0 Å². The molecule has 28 heavy (non-hydrogen) atoms. The molecule has 2 amide bonds. The van der Waals surface area contributed by atoms with Crippen LogP contribution in [-0.4, -0.2) is 24.9 Å². The lowest BCUT2D eigenvalue weighted by Gasteiger charge is -2.18. The minimum Gasteiger partial charge on any atom is -0.376 e. The summed E-state index contributed by atoms with van der Waals surface area (Å²) in [5.74, 6) is -0.102. The van der Waals surface area contributed by atoms with Crippen LogP contribution in [0.4, 0.5) is 11.4 Å². The van der Waals surface area contributed by atoms with Crippen LogP contribution in [0.15, 0.2) is 66.0 Å². The van der Waals surface area contributed by atoms with Gasteiger partial charge in [0.2, 0.25) is 5.91 Å². The number of rotatable bonds is 6. The molecule has 2 N–H and O–H groups in total. The van der Waals surface area contributed by atoms with Gasteiger partial charge in [0.25, 0.3) is 5.91 Å². The molecule has 0 unspecified atom stereocenters. The first kappa shape index (κ1) is 18.3. The molecule has 4 rings (SSSR count). The predicted octanol–water partition coefficient (Wildman–Crippen LogP) is 3.68. The number of fused-ring (bicyclic) bond motifs is 1. The smallest absolute Gasteiger partial charge is 0.258 e. The minimum absolute atomic E-state index is 0.0178. The Morgan fingerprint density at radius 1 is 1.04 bits per heavy atom. The van der Waals surface area contributed by atoms with Gasteiger partial charge in [0.1, 0.15) is 0 Å². The molecule has 0 spiro atoms. The number of hydrogen-bond donors (Lipinski definition) is 2. The van der Waals surface area contributed by atoms with E-state index in [4.69, 9.17) is 0 Å². The van der Waals surface area contributed by atoms with E-state index < -0.39 is 0 Å². The second-order valence-electron chi connectivity index (χ2n) is 6.63. The fourth-order valence-electron chi connectivity index (χ4n) is 3.31. The third-order valence-electron chi connectivity index (χ3n) is 4.73. The van der Waals surface area contributed by atoms with Gasteiger partial charge in [-0.15, -0.1) is 11.3 Å². The molecule has 142 valence electrons. The van der Waals surface area contributed by atoms with Gasteiger partial charge >= 0.3 is 0 Å². The van der Waals surface area contributed by atoms with Crippen LogP contribution >= 0.6 is 11.3 Å². The number of nitrogens with zero attached hydrogens (tertiary/aromatic N) is 1. The van der Waals surface area contributed by atoms with Crippen LogP contribution in [0, 0.1) is 0 Å². The highest BCUT2D eigenvalue weighted by atomic mass is 32.1. The third kappa shape index (κ3) is 4.07. The van der Waals surface area contributed by atoms with Gasteiger partial charge in [0.15, 0.2) is 0 Å². The summed E-state index contributed by atoms with van der Waals surface area (Å²) in [6.07, 6.45) is 0.879. The lowest BCUT2D eigenvalue weighted by atomic mass is 10.1. The molecule has 5 nitrogen and oxygen atoms in total. The number of carbonyl (C=O) groups excluding carboxylic acids is 2. The fourth-order valence-corrected chi connectivity index (χ4v) is 3.96. The highest BCUT2D eigenvalue weighted by Gasteiger charge is 2.25. The van der Waals surface area contributed by atoms with Crippen LogP contribution in [0.1, 0.15) is 20.8 Å². The van der Waals surface area contributed by atoms with E-state index in [1.807, 2.05) is 58.8 Å². The van der Waals surface area contributed by atoms with E-state index >= 15 is 0 Å². The fraction of sp³-hybridized carbons (Fsp3) is 0.182. The Bertz CT molecular complexity index is 985. The Morgan fingerprint density at radius 2 is 1.93 bits per heavy atom. The Kier molecular flexibility index (Phi) is 5.39. The number of anilines is 2. The molecule has 1 aromatic heterocycles. The molecular weight excluding hydrogens is 370 g/mol. The number of amides is 2. The molecule has 3 aromatic rings. The van der Waals surface area contributed by atoms with Crippen LogP contribution in [0.3, 0.4) is 0 Å². The largest absolute Gasteiger partial charge is 0.376 e. The van der Waals surface area contributed by atoms with Crippen molar-refractivity contribution in [3.05, 3.63) is 82.0 Å². The highest BCUT2D eigenvalue weighted by Crippen LogP contribution is 2.29. The number of thiophene rings is 1. The van der Waals surface area contributed by atoms with Crippen molar-refractivity contribution in [2.45, 2.75) is 13.0 Å². The molecule has 0 radical (unpaired) electrons. The van der Waals surface area contributed by atoms with E-state index in [9.17, 15) is 9.59 Å². The van der Waals surface area contributed by atoms with E-state index in [1.165, 1.54) is 5.56 Å². The molecule has 0 atom stereocenters. The number of carbonyl (C=O) groups is 2. The summed E-state index contributed by atoms with van der Waals surface area (Å²) < 4.78 is 0. The van der Waals surface area contributed by atoms with Crippen LogP contribution < -0.4 is 15.5 Å². The number of nitrogens with one attached hydrogen (secondary N) is 2. The summed E-state index contributed by atoms with van der Waals surface area (Å²) in [4.78, 5) is 27.9. The molecule has 0 bridgehead atoms. The summed E-state index contributed by atoms with van der Waals surface area (Å²) in [5, 5.41) is 7.97. The first-order chi connectivity index (χ1) is 13.7. The number of benzene rings is 2. The van der Waals surface area contributed by atoms with Gasteiger partial charge in [-0.05, 0) is 47.7 Å². The van der Waals surface area contributed by atoms with Crippen molar-refractivity contribution in [1.82, 2.24) is 5.32 Å². The van der Waals surface area contributed by atoms with Crippen molar-refractivity contribution in [2.75, 3.05) is 23.3 Å². The zero-order valence-electron chi connectivity index (χ0n) is 15.4. The average Bonchev–Trinajstić information content (AvgIpc) is 3.40. The molecule has 1 aliphatic rings. The van der Waals surface area contributed by atoms with Crippen molar-refractivity contribution < 1.29 is 9.59 Å². The minimum atomic E-state index is -0.0846. The molecular formula is C22H21N3O2S. The summed E-state index contributed by atoms with van der Waals surface area (Å²) in [7, 11) is 0. The molecule has 2 heterocycles. The third-order valence-corrected chi connectivity index (χ3v) is 5.61. The lowest BCUT2D eigenvalue weighted by molar-refractivity contribution is -0.119. The van der Waals surface area contributed by atoms with Crippen molar-refractivity contribution in [3.8, 4) is 0 Å². The standard InChI is InChI=1S/C22H21N3O2S/c26-21(24-14-19-8-4-12-28-19)15-23-18-7-3-6-17(13-18)22(27)25-11-10-16-5-1-2-9-20(16)25/h1-9,12-13,23H,10-11,14-15H2,(H,24,26). The molecule has 1 aliphatic heterocycles. The molecule has 0 fully saturated rings. The SMILES string of the molecule is O=C(CNc1cccc(C(=O)N2CCc3ccccc32)c1)NCc1cccs1. The quantitative estimate of drug-likeness (QED) is 0.674. The summed E-state index contributed by atoms with van der Waals surface area (Å²) in [6.45, 7) is 1.39. The van der Waals surface area contributed by atoms with Crippen molar-refractivity contribution in [2.24, 2.45) is 0 Å². The maximum atomic E-state index is 13.0. The Hall–Kier alpha value is -3.12. The van der Waals surface area contributed by atoms with Crippen LogP contribution in [-0.2, 0) is 17.8 Å². The predicted molar refractivity (Wildman–Crippen MR) is 113 cm³/mol. The van der Waals surface area contributed by atoms with Gasteiger partial charge in [0.05, 0.1) is 13.1 Å². The zero-order valence-corrected chi connectivity index (χ0v) is 16.2. The monoisotopic (exact) mass is 391 g/mol. The summed E-state index contributed by atoms with van der Waals surface area (Å²) >= 11 is 1.61. The average molecular weight is 391 g/mol. The molecule has 6 heteroatoms. The number of hydrogen-bond acceptors (Lipinski definition) is 4. The van der Waals surface area contributed by atoms with Crippen LogP contribution in [0.2, 0.25) is 0 Å². The maximum absolute atomic E-state index is 13.0. The van der Waals surface area contributed by atoms with E-state index in [1.54, 1.807) is 17.4 Å². The Balaban J connectivity index is 1.36. The molecule has 2 aromatic carbocycles. The van der Waals surface area contributed by atoms with Gasteiger partial charge < -0.3 is 15.5 Å². The van der Waals surface area contributed by atoms with Gasteiger partial charge in [-0.25, -0.2) is 0 Å². The number of para-hydroxylation sites is 1.